The minimum Gasteiger partial charge on any atom is -0.329 e. The van der Waals surface area contributed by atoms with E-state index >= 15 is 0 Å². The summed E-state index contributed by atoms with van der Waals surface area (Å²) < 4.78 is 21.0. The Balaban J connectivity index is 2.56. The first-order chi connectivity index (χ1) is 5.64. The van der Waals surface area contributed by atoms with Gasteiger partial charge in [0.1, 0.15) is 5.69 Å². The van der Waals surface area contributed by atoms with E-state index in [2.05, 4.69) is 14.9 Å². The fraction of sp³-hybridized carbons (Fsp3) is 0.667. The largest absolute Gasteiger partial charge is 0.329 e. The molecule has 1 aromatic rings. The lowest BCUT2D eigenvalue weighted by Crippen LogP contribution is -1.92. The zero-order valence-corrected chi connectivity index (χ0v) is 7.95. The molecule has 0 saturated heterocycles. The summed E-state index contributed by atoms with van der Waals surface area (Å²) >= 11 is 0. The summed E-state index contributed by atoms with van der Waals surface area (Å²) in [6.45, 7) is 3.82. The summed E-state index contributed by atoms with van der Waals surface area (Å²) in [5, 5.41) is 6.95. The molecule has 1 aromatic heterocycles. The molecule has 0 aliphatic rings. The highest BCUT2D eigenvalue weighted by Crippen LogP contribution is 2.45. The number of hydrogen-bond donors (Lipinski definition) is 0. The van der Waals surface area contributed by atoms with Crippen LogP contribution in [0.15, 0.2) is 10.8 Å². The lowest BCUT2D eigenvalue weighted by Gasteiger charge is -2.09. The van der Waals surface area contributed by atoms with Gasteiger partial charge < -0.3 is 4.52 Å². The smallest absolute Gasteiger partial charge is 0.206 e. The van der Waals surface area contributed by atoms with Gasteiger partial charge in [-0.25, -0.2) is 4.63 Å². The van der Waals surface area contributed by atoms with E-state index in [1.54, 1.807) is 13.6 Å². The summed E-state index contributed by atoms with van der Waals surface area (Å²) in [7, 11) is -2.54. The normalized spacial score (nSPS) is 15.8. The van der Waals surface area contributed by atoms with Gasteiger partial charge in [0.25, 0.3) is 0 Å². The summed E-state index contributed by atoms with van der Waals surface area (Å²) in [6, 6.07) is 0. The van der Waals surface area contributed by atoms with Crippen LogP contribution in [0.1, 0.15) is 12.6 Å². The summed E-state index contributed by atoms with van der Waals surface area (Å²) in [4.78, 5) is 0. The van der Waals surface area contributed by atoms with Gasteiger partial charge in [-0.3, -0.25) is 4.57 Å². The van der Waals surface area contributed by atoms with Crippen LogP contribution in [0.2, 0.25) is 0 Å². The molecular formula is C6H11N2O3P. The molecule has 0 aromatic carbocycles. The van der Waals surface area contributed by atoms with E-state index in [0.717, 1.165) is 0 Å². The predicted molar refractivity (Wildman–Crippen MR) is 43.2 cm³/mol. The third-order valence-corrected chi connectivity index (χ3v) is 2.96. The Morgan fingerprint density at radius 2 is 2.50 bits per heavy atom. The summed E-state index contributed by atoms with van der Waals surface area (Å²) in [5.74, 6) is 0. The Morgan fingerprint density at radius 3 is 3.00 bits per heavy atom. The van der Waals surface area contributed by atoms with Gasteiger partial charge in [0.15, 0.2) is 0 Å². The Bertz CT molecular complexity index is 272. The fourth-order valence-corrected chi connectivity index (χ4v) is 2.23. The second-order valence-corrected chi connectivity index (χ2v) is 5.09. The standard InChI is InChI=1S/C6H11N2O3P/c1-3-10-12(2,9)5-6-4-7-11-8-6/h4H,3,5H2,1-2H3. The maximum Gasteiger partial charge on any atom is 0.206 e. The molecule has 5 nitrogen and oxygen atoms in total. The fourth-order valence-electron chi connectivity index (χ4n) is 0.867. The molecule has 0 N–H and O–H groups in total. The van der Waals surface area contributed by atoms with Gasteiger partial charge >= 0.3 is 0 Å². The first-order valence-electron chi connectivity index (χ1n) is 3.61. The second-order valence-electron chi connectivity index (χ2n) is 2.49. The summed E-state index contributed by atoms with van der Waals surface area (Å²) in [5.41, 5.74) is 0.564. The SMILES string of the molecule is CCOP(C)(=O)Cc1cnon1. The number of rotatable bonds is 4. The Morgan fingerprint density at radius 1 is 1.75 bits per heavy atom. The highest BCUT2D eigenvalue weighted by atomic mass is 31.2. The van der Waals surface area contributed by atoms with E-state index in [1.165, 1.54) is 6.20 Å². The van der Waals surface area contributed by atoms with Gasteiger partial charge in [0.2, 0.25) is 7.37 Å². The zero-order chi connectivity index (χ0) is 9.03. The summed E-state index contributed by atoms with van der Waals surface area (Å²) in [6.07, 6.45) is 1.72. The number of nitrogens with zero attached hydrogens (tertiary/aromatic N) is 2. The Labute approximate surface area is 70.5 Å². The molecule has 0 aliphatic carbocycles. The molecule has 0 amide bonds. The van der Waals surface area contributed by atoms with Gasteiger partial charge in [-0.2, -0.15) is 0 Å². The number of hydrogen-bond acceptors (Lipinski definition) is 5. The van der Waals surface area contributed by atoms with E-state index < -0.39 is 7.37 Å². The Hall–Kier alpha value is -0.670. The highest BCUT2D eigenvalue weighted by molar-refractivity contribution is 7.57. The van der Waals surface area contributed by atoms with Crippen molar-refractivity contribution in [2.45, 2.75) is 13.1 Å². The van der Waals surface area contributed by atoms with Gasteiger partial charge in [0.05, 0.1) is 19.0 Å². The minimum absolute atomic E-state index is 0.282. The van der Waals surface area contributed by atoms with Crippen molar-refractivity contribution >= 4 is 7.37 Å². The molecular weight excluding hydrogens is 179 g/mol. The van der Waals surface area contributed by atoms with Crippen LogP contribution >= 0.6 is 7.37 Å². The van der Waals surface area contributed by atoms with Crippen molar-refractivity contribution in [3.63, 3.8) is 0 Å². The van der Waals surface area contributed by atoms with Crippen molar-refractivity contribution in [3.05, 3.63) is 11.9 Å². The lowest BCUT2D eigenvalue weighted by atomic mass is 10.6. The van der Waals surface area contributed by atoms with Gasteiger partial charge in [0, 0.05) is 6.66 Å². The van der Waals surface area contributed by atoms with Crippen molar-refractivity contribution in [3.8, 4) is 0 Å². The lowest BCUT2D eigenvalue weighted by molar-refractivity contribution is 0.302. The molecule has 1 atom stereocenters. The van der Waals surface area contributed by atoms with E-state index in [9.17, 15) is 4.57 Å². The molecule has 0 bridgehead atoms. The minimum atomic E-state index is -2.54. The highest BCUT2D eigenvalue weighted by Gasteiger charge is 2.17. The van der Waals surface area contributed by atoms with Crippen molar-refractivity contribution < 1.29 is 13.7 Å². The van der Waals surface area contributed by atoms with Crippen LogP contribution in [0.25, 0.3) is 0 Å². The van der Waals surface area contributed by atoms with Crippen LogP contribution in [0.4, 0.5) is 0 Å². The predicted octanol–water partition coefficient (Wildman–Crippen LogP) is 1.51. The molecule has 0 radical (unpaired) electrons. The van der Waals surface area contributed by atoms with Gasteiger partial charge in [-0.1, -0.05) is 10.3 Å². The first-order valence-corrected chi connectivity index (χ1v) is 5.87. The van der Waals surface area contributed by atoms with Crippen LogP contribution in [-0.4, -0.2) is 23.6 Å². The average molecular weight is 190 g/mol. The van der Waals surface area contributed by atoms with Crippen LogP contribution < -0.4 is 0 Å². The molecule has 0 saturated carbocycles. The van der Waals surface area contributed by atoms with Crippen LogP contribution in [-0.2, 0) is 15.3 Å². The monoisotopic (exact) mass is 190 g/mol. The topological polar surface area (TPSA) is 65.2 Å². The average Bonchev–Trinajstić information content (AvgIpc) is 2.38. The van der Waals surface area contributed by atoms with Crippen molar-refractivity contribution in [1.82, 2.24) is 10.3 Å². The third kappa shape index (κ3) is 2.75. The van der Waals surface area contributed by atoms with E-state index in [4.69, 9.17) is 4.52 Å². The molecule has 1 heterocycles. The first kappa shape index (κ1) is 9.42. The van der Waals surface area contributed by atoms with Crippen molar-refractivity contribution in [1.29, 1.82) is 0 Å². The molecule has 0 fully saturated rings. The van der Waals surface area contributed by atoms with Gasteiger partial charge in [-0.15, -0.1) is 0 Å². The Kier molecular flexibility index (Phi) is 3.00. The molecule has 0 aliphatic heterocycles. The molecule has 0 spiro atoms. The van der Waals surface area contributed by atoms with E-state index in [1.807, 2.05) is 0 Å². The maximum absolute atomic E-state index is 11.5. The van der Waals surface area contributed by atoms with E-state index in [0.29, 0.717) is 12.3 Å². The second kappa shape index (κ2) is 3.83. The van der Waals surface area contributed by atoms with E-state index in [-0.39, 0.29) is 6.16 Å². The van der Waals surface area contributed by atoms with Crippen molar-refractivity contribution in [2.75, 3.05) is 13.3 Å². The molecule has 1 unspecified atom stereocenters. The zero-order valence-electron chi connectivity index (χ0n) is 7.06. The molecule has 12 heavy (non-hydrogen) atoms. The quantitative estimate of drug-likeness (QED) is 0.673. The maximum atomic E-state index is 11.5. The number of aromatic nitrogens is 2. The molecule has 68 valence electrons. The van der Waals surface area contributed by atoms with Crippen molar-refractivity contribution in [2.24, 2.45) is 0 Å². The molecule has 1 rings (SSSR count). The van der Waals surface area contributed by atoms with Crippen LogP contribution in [0.5, 0.6) is 0 Å². The van der Waals surface area contributed by atoms with Crippen LogP contribution in [0, 0.1) is 0 Å². The molecule has 6 heteroatoms. The third-order valence-electron chi connectivity index (χ3n) is 1.26. The van der Waals surface area contributed by atoms with Crippen LogP contribution in [0.3, 0.4) is 0 Å². The van der Waals surface area contributed by atoms with Gasteiger partial charge in [-0.05, 0) is 6.92 Å².